The average molecular weight is 273 g/mol. The Balaban J connectivity index is 1.61. The van der Waals surface area contributed by atoms with Crippen molar-refractivity contribution < 1.29 is 9.32 Å². The summed E-state index contributed by atoms with van der Waals surface area (Å²) < 4.78 is 5.18. The van der Waals surface area contributed by atoms with Gasteiger partial charge in [-0.15, -0.1) is 5.10 Å². The van der Waals surface area contributed by atoms with E-state index in [1.54, 1.807) is 18.3 Å². The highest BCUT2D eigenvalue weighted by atomic mass is 16.5. The van der Waals surface area contributed by atoms with Crippen molar-refractivity contribution in [2.24, 2.45) is 0 Å². The molecule has 2 aromatic rings. The van der Waals surface area contributed by atoms with Crippen molar-refractivity contribution >= 4 is 5.91 Å². The maximum absolute atomic E-state index is 11.7. The monoisotopic (exact) mass is 273 g/mol. The number of amides is 1. The summed E-state index contributed by atoms with van der Waals surface area (Å²) in [6.45, 7) is 1.45. The van der Waals surface area contributed by atoms with Crippen LogP contribution in [0.15, 0.2) is 22.9 Å². The maximum atomic E-state index is 11.7. The number of likely N-dealkylation sites (tertiary alicyclic amines) is 1. The molecule has 0 radical (unpaired) electrons. The molecule has 0 bridgehead atoms. The van der Waals surface area contributed by atoms with Crippen LogP contribution in [0.3, 0.4) is 0 Å². The Labute approximate surface area is 116 Å². The molecule has 20 heavy (non-hydrogen) atoms. The van der Waals surface area contributed by atoms with Gasteiger partial charge in [-0.1, -0.05) is 5.16 Å². The zero-order valence-corrected chi connectivity index (χ0v) is 11.0. The Morgan fingerprint density at radius 2 is 2.30 bits per heavy atom. The van der Waals surface area contributed by atoms with E-state index >= 15 is 0 Å². The van der Waals surface area contributed by atoms with Crippen LogP contribution in [0.25, 0.3) is 11.5 Å². The Hall–Kier alpha value is -2.31. The Bertz CT molecular complexity index is 583. The van der Waals surface area contributed by atoms with Gasteiger partial charge >= 0.3 is 0 Å². The Morgan fingerprint density at radius 3 is 3.10 bits per heavy atom. The number of rotatable bonds is 4. The van der Waals surface area contributed by atoms with E-state index < -0.39 is 0 Å². The lowest BCUT2D eigenvalue weighted by molar-refractivity contribution is -0.133. The quantitative estimate of drug-likeness (QED) is 0.828. The highest BCUT2D eigenvalue weighted by Gasteiger charge is 2.19. The Morgan fingerprint density at radius 1 is 1.35 bits per heavy atom. The number of aromatic nitrogens is 4. The fourth-order valence-electron chi connectivity index (χ4n) is 2.21. The lowest BCUT2D eigenvalue weighted by Crippen LogP contribution is -2.36. The van der Waals surface area contributed by atoms with Gasteiger partial charge in [0.15, 0.2) is 0 Å². The van der Waals surface area contributed by atoms with Crippen LogP contribution in [0.1, 0.15) is 25.2 Å². The summed E-state index contributed by atoms with van der Waals surface area (Å²) in [4.78, 5) is 17.8. The van der Waals surface area contributed by atoms with Gasteiger partial charge in [0, 0.05) is 32.1 Å². The molecule has 0 N–H and O–H groups in total. The molecule has 104 valence electrons. The molecule has 7 heteroatoms. The molecule has 1 aliphatic rings. The summed E-state index contributed by atoms with van der Waals surface area (Å²) in [5.41, 5.74) is 0.580. The van der Waals surface area contributed by atoms with E-state index in [4.69, 9.17) is 4.52 Å². The second-order valence-electron chi connectivity index (χ2n) is 4.71. The second kappa shape index (κ2) is 5.77. The number of carbonyl (C=O) groups excluding carboxylic acids is 1. The van der Waals surface area contributed by atoms with Gasteiger partial charge in [0.05, 0.1) is 0 Å². The predicted molar refractivity (Wildman–Crippen MR) is 69.5 cm³/mol. The standard InChI is InChI=1S/C13H15N5O2/c19-12-5-1-2-8-18(12)9-6-11-15-13(17-20-11)10-4-3-7-14-16-10/h3-4,7H,1-2,5-6,8-9H2. The van der Waals surface area contributed by atoms with Gasteiger partial charge in [0.25, 0.3) is 0 Å². The molecule has 3 rings (SSSR count). The number of piperidine rings is 1. The summed E-state index contributed by atoms with van der Waals surface area (Å²) in [6, 6.07) is 3.54. The van der Waals surface area contributed by atoms with Crippen LogP contribution in [0, 0.1) is 0 Å². The molecule has 0 atom stereocenters. The van der Waals surface area contributed by atoms with Crippen LogP contribution >= 0.6 is 0 Å². The Kier molecular flexibility index (Phi) is 3.67. The van der Waals surface area contributed by atoms with Crippen LogP contribution in [0.4, 0.5) is 0 Å². The fraction of sp³-hybridized carbons (Fsp3) is 0.462. The van der Waals surface area contributed by atoms with Crippen LogP contribution in [0.5, 0.6) is 0 Å². The third-order valence-corrected chi connectivity index (χ3v) is 3.29. The van der Waals surface area contributed by atoms with Crippen molar-refractivity contribution in [3.8, 4) is 11.5 Å². The predicted octanol–water partition coefficient (Wildman–Crippen LogP) is 1.08. The van der Waals surface area contributed by atoms with Crippen LogP contribution in [-0.4, -0.2) is 44.2 Å². The molecule has 0 saturated carbocycles. The zero-order valence-electron chi connectivity index (χ0n) is 11.0. The van der Waals surface area contributed by atoms with Crippen molar-refractivity contribution in [1.29, 1.82) is 0 Å². The molecular weight excluding hydrogens is 258 g/mol. The van der Waals surface area contributed by atoms with Gasteiger partial charge in [-0.3, -0.25) is 4.79 Å². The third kappa shape index (κ3) is 2.81. The highest BCUT2D eigenvalue weighted by molar-refractivity contribution is 5.76. The van der Waals surface area contributed by atoms with Crippen molar-refractivity contribution in [2.45, 2.75) is 25.7 Å². The number of hydrogen-bond donors (Lipinski definition) is 0. The molecule has 3 heterocycles. The van der Waals surface area contributed by atoms with Gasteiger partial charge in [-0.2, -0.15) is 10.1 Å². The lowest BCUT2D eigenvalue weighted by atomic mass is 10.1. The molecule has 0 aromatic carbocycles. The molecule has 0 spiro atoms. The first-order valence-corrected chi connectivity index (χ1v) is 6.71. The summed E-state index contributed by atoms with van der Waals surface area (Å²) >= 11 is 0. The van der Waals surface area contributed by atoms with Crippen molar-refractivity contribution in [3.63, 3.8) is 0 Å². The summed E-state index contributed by atoms with van der Waals surface area (Å²) in [6.07, 6.45) is 4.87. The summed E-state index contributed by atoms with van der Waals surface area (Å²) in [5.74, 6) is 1.16. The van der Waals surface area contributed by atoms with E-state index in [2.05, 4.69) is 20.3 Å². The zero-order chi connectivity index (χ0) is 13.8. The third-order valence-electron chi connectivity index (χ3n) is 3.29. The minimum Gasteiger partial charge on any atom is -0.342 e. The summed E-state index contributed by atoms with van der Waals surface area (Å²) in [7, 11) is 0. The molecule has 7 nitrogen and oxygen atoms in total. The van der Waals surface area contributed by atoms with Crippen molar-refractivity contribution in [2.75, 3.05) is 13.1 Å². The smallest absolute Gasteiger partial charge is 0.228 e. The fourth-order valence-corrected chi connectivity index (χ4v) is 2.21. The molecule has 0 unspecified atom stereocenters. The average Bonchev–Trinajstić information content (AvgIpc) is 2.96. The number of nitrogens with zero attached hydrogens (tertiary/aromatic N) is 5. The maximum Gasteiger partial charge on any atom is 0.228 e. The molecule has 1 aliphatic heterocycles. The summed E-state index contributed by atoms with van der Waals surface area (Å²) in [5, 5.41) is 11.6. The number of carbonyl (C=O) groups is 1. The van der Waals surface area contributed by atoms with E-state index in [9.17, 15) is 4.79 Å². The SMILES string of the molecule is O=C1CCCCN1CCc1nc(-c2cccnn2)no1. The molecule has 1 amide bonds. The van der Waals surface area contributed by atoms with Gasteiger partial charge in [0.2, 0.25) is 17.6 Å². The minimum atomic E-state index is 0.213. The van der Waals surface area contributed by atoms with Gasteiger partial charge in [0.1, 0.15) is 5.69 Å². The van der Waals surface area contributed by atoms with Gasteiger partial charge < -0.3 is 9.42 Å². The topological polar surface area (TPSA) is 85.0 Å². The largest absolute Gasteiger partial charge is 0.342 e. The molecule has 1 saturated heterocycles. The van der Waals surface area contributed by atoms with Crippen LogP contribution < -0.4 is 0 Å². The van der Waals surface area contributed by atoms with Gasteiger partial charge in [-0.05, 0) is 25.0 Å². The first-order valence-electron chi connectivity index (χ1n) is 6.71. The highest BCUT2D eigenvalue weighted by Crippen LogP contribution is 2.13. The van der Waals surface area contributed by atoms with E-state index in [1.807, 2.05) is 4.90 Å². The van der Waals surface area contributed by atoms with Crippen molar-refractivity contribution in [1.82, 2.24) is 25.2 Å². The number of hydrogen-bond acceptors (Lipinski definition) is 6. The van der Waals surface area contributed by atoms with E-state index in [0.717, 1.165) is 19.4 Å². The van der Waals surface area contributed by atoms with Crippen LogP contribution in [-0.2, 0) is 11.2 Å². The van der Waals surface area contributed by atoms with Crippen molar-refractivity contribution in [3.05, 3.63) is 24.2 Å². The first kappa shape index (κ1) is 12.7. The lowest BCUT2D eigenvalue weighted by Gasteiger charge is -2.25. The second-order valence-corrected chi connectivity index (χ2v) is 4.71. The minimum absolute atomic E-state index is 0.213. The van der Waals surface area contributed by atoms with Gasteiger partial charge in [-0.25, -0.2) is 0 Å². The molecule has 1 fully saturated rings. The van der Waals surface area contributed by atoms with E-state index in [0.29, 0.717) is 36.8 Å². The first-order chi connectivity index (χ1) is 9.83. The molecule has 0 aliphatic carbocycles. The molecule has 2 aromatic heterocycles. The van der Waals surface area contributed by atoms with Crippen LogP contribution in [0.2, 0.25) is 0 Å². The van der Waals surface area contributed by atoms with E-state index in [-0.39, 0.29) is 5.91 Å². The normalized spacial score (nSPS) is 15.6. The van der Waals surface area contributed by atoms with E-state index in [1.165, 1.54) is 0 Å². The molecular formula is C13H15N5O2.